The quantitative estimate of drug-likeness (QED) is 0.848. The molecular weight excluding hydrogens is 216 g/mol. The molecule has 0 aromatic carbocycles. The van der Waals surface area contributed by atoms with Crippen LogP contribution in [0.1, 0.15) is 31.5 Å². The SMILES string of the molecule is CCc1cc(N)nc(C2CN(CC)CCO2)n1. The van der Waals surface area contributed by atoms with Crippen molar-refractivity contribution in [3.63, 3.8) is 0 Å². The molecule has 2 rings (SSSR count). The molecular formula is C12H20N4O. The number of aryl methyl sites for hydroxylation is 1. The topological polar surface area (TPSA) is 64.3 Å². The zero-order valence-electron chi connectivity index (χ0n) is 10.5. The highest BCUT2D eigenvalue weighted by Crippen LogP contribution is 2.20. The van der Waals surface area contributed by atoms with Crippen molar-refractivity contribution in [3.8, 4) is 0 Å². The Balaban J connectivity index is 2.18. The largest absolute Gasteiger partial charge is 0.384 e. The van der Waals surface area contributed by atoms with Crippen LogP contribution in [0.5, 0.6) is 0 Å². The van der Waals surface area contributed by atoms with E-state index in [1.807, 2.05) is 6.07 Å². The molecule has 17 heavy (non-hydrogen) atoms. The number of nitrogens with two attached hydrogens (primary N) is 1. The normalized spacial score (nSPS) is 21.6. The number of likely N-dealkylation sites (N-methyl/N-ethyl adjacent to an activating group) is 1. The number of morpholine rings is 1. The zero-order valence-corrected chi connectivity index (χ0v) is 10.5. The minimum atomic E-state index is -0.0440. The standard InChI is InChI=1S/C12H20N4O/c1-3-9-7-11(13)15-12(14-9)10-8-16(4-2)5-6-17-10/h7,10H,3-6,8H2,1-2H3,(H2,13,14,15). The van der Waals surface area contributed by atoms with Gasteiger partial charge in [0.15, 0.2) is 5.82 Å². The molecule has 5 nitrogen and oxygen atoms in total. The van der Waals surface area contributed by atoms with Gasteiger partial charge in [-0.2, -0.15) is 0 Å². The molecule has 0 amide bonds. The Morgan fingerprint density at radius 2 is 2.29 bits per heavy atom. The molecule has 1 saturated heterocycles. The predicted octanol–water partition coefficient (Wildman–Crippen LogP) is 1.01. The Bertz CT molecular complexity index is 383. The average Bonchev–Trinajstić information content (AvgIpc) is 2.38. The second-order valence-electron chi connectivity index (χ2n) is 4.25. The van der Waals surface area contributed by atoms with Crippen molar-refractivity contribution in [1.82, 2.24) is 14.9 Å². The van der Waals surface area contributed by atoms with Gasteiger partial charge in [0, 0.05) is 24.8 Å². The summed E-state index contributed by atoms with van der Waals surface area (Å²) < 4.78 is 5.73. The molecule has 1 atom stereocenters. The van der Waals surface area contributed by atoms with E-state index in [1.54, 1.807) is 0 Å². The van der Waals surface area contributed by atoms with E-state index in [4.69, 9.17) is 10.5 Å². The van der Waals surface area contributed by atoms with Crippen LogP contribution in [-0.4, -0.2) is 41.1 Å². The number of aromatic nitrogens is 2. The maximum atomic E-state index is 5.79. The predicted molar refractivity (Wildman–Crippen MR) is 66.6 cm³/mol. The Morgan fingerprint density at radius 1 is 1.47 bits per heavy atom. The summed E-state index contributed by atoms with van der Waals surface area (Å²) in [5.74, 6) is 1.25. The van der Waals surface area contributed by atoms with Crippen LogP contribution in [0.4, 0.5) is 5.82 Å². The van der Waals surface area contributed by atoms with Crippen molar-refractivity contribution >= 4 is 5.82 Å². The van der Waals surface area contributed by atoms with Crippen molar-refractivity contribution < 1.29 is 4.74 Å². The average molecular weight is 236 g/mol. The molecule has 1 aliphatic rings. The van der Waals surface area contributed by atoms with Crippen molar-refractivity contribution in [2.45, 2.75) is 26.4 Å². The van der Waals surface area contributed by atoms with Gasteiger partial charge in [-0.25, -0.2) is 9.97 Å². The van der Waals surface area contributed by atoms with Crippen LogP contribution in [0.15, 0.2) is 6.07 Å². The summed E-state index contributed by atoms with van der Waals surface area (Å²) in [5.41, 5.74) is 6.77. The van der Waals surface area contributed by atoms with Crippen LogP contribution in [0.25, 0.3) is 0 Å². The highest BCUT2D eigenvalue weighted by Gasteiger charge is 2.23. The van der Waals surface area contributed by atoms with Gasteiger partial charge >= 0.3 is 0 Å². The summed E-state index contributed by atoms with van der Waals surface area (Å²) in [7, 11) is 0. The number of rotatable bonds is 3. The third kappa shape index (κ3) is 2.92. The third-order valence-corrected chi connectivity index (χ3v) is 3.06. The molecule has 2 N–H and O–H groups in total. The lowest BCUT2D eigenvalue weighted by molar-refractivity contribution is -0.0325. The van der Waals surface area contributed by atoms with Gasteiger partial charge in [-0.1, -0.05) is 13.8 Å². The highest BCUT2D eigenvalue weighted by molar-refractivity contribution is 5.30. The first-order chi connectivity index (χ1) is 8.22. The van der Waals surface area contributed by atoms with Crippen LogP contribution in [0, 0.1) is 0 Å². The molecule has 94 valence electrons. The van der Waals surface area contributed by atoms with Crippen molar-refractivity contribution in [3.05, 3.63) is 17.6 Å². The molecule has 1 aliphatic heterocycles. The van der Waals surface area contributed by atoms with Crippen molar-refractivity contribution in [1.29, 1.82) is 0 Å². The summed E-state index contributed by atoms with van der Waals surface area (Å²) in [6, 6.07) is 1.82. The Hall–Kier alpha value is -1.20. The lowest BCUT2D eigenvalue weighted by atomic mass is 10.2. The lowest BCUT2D eigenvalue weighted by Gasteiger charge is -2.31. The second kappa shape index (κ2) is 5.42. The number of ether oxygens (including phenoxy) is 1. The van der Waals surface area contributed by atoms with Gasteiger partial charge in [0.25, 0.3) is 0 Å². The summed E-state index contributed by atoms with van der Waals surface area (Å²) in [5, 5.41) is 0. The molecule has 0 aliphatic carbocycles. The van der Waals surface area contributed by atoms with Crippen molar-refractivity contribution in [2.75, 3.05) is 32.0 Å². The van der Waals surface area contributed by atoms with Crippen LogP contribution in [0.2, 0.25) is 0 Å². The maximum Gasteiger partial charge on any atom is 0.161 e. The minimum absolute atomic E-state index is 0.0440. The summed E-state index contributed by atoms with van der Waals surface area (Å²) in [4.78, 5) is 11.1. The fourth-order valence-electron chi connectivity index (χ4n) is 2.01. The van der Waals surface area contributed by atoms with E-state index in [0.717, 1.165) is 44.2 Å². The molecule has 0 radical (unpaired) electrons. The maximum absolute atomic E-state index is 5.79. The number of nitrogens with zero attached hydrogens (tertiary/aromatic N) is 3. The molecule has 2 heterocycles. The van der Waals surface area contributed by atoms with Crippen LogP contribution >= 0.6 is 0 Å². The van der Waals surface area contributed by atoms with Gasteiger partial charge in [-0.15, -0.1) is 0 Å². The zero-order chi connectivity index (χ0) is 12.3. The first-order valence-corrected chi connectivity index (χ1v) is 6.20. The van der Waals surface area contributed by atoms with Crippen LogP contribution < -0.4 is 5.73 Å². The van der Waals surface area contributed by atoms with Gasteiger partial charge in [0.05, 0.1) is 6.61 Å². The second-order valence-corrected chi connectivity index (χ2v) is 4.25. The molecule has 1 unspecified atom stereocenters. The van der Waals surface area contributed by atoms with Crippen LogP contribution in [-0.2, 0) is 11.2 Å². The Labute approximate surface area is 102 Å². The van der Waals surface area contributed by atoms with Gasteiger partial charge in [-0.05, 0) is 13.0 Å². The molecule has 1 aromatic rings. The van der Waals surface area contributed by atoms with Crippen LogP contribution in [0.3, 0.4) is 0 Å². The minimum Gasteiger partial charge on any atom is -0.384 e. The smallest absolute Gasteiger partial charge is 0.161 e. The third-order valence-electron chi connectivity index (χ3n) is 3.06. The van der Waals surface area contributed by atoms with E-state index in [1.165, 1.54) is 0 Å². The van der Waals surface area contributed by atoms with Gasteiger partial charge < -0.3 is 10.5 Å². The van der Waals surface area contributed by atoms with E-state index < -0.39 is 0 Å². The molecule has 0 bridgehead atoms. The molecule has 1 aromatic heterocycles. The first-order valence-electron chi connectivity index (χ1n) is 6.20. The molecule has 0 saturated carbocycles. The van der Waals surface area contributed by atoms with Crippen molar-refractivity contribution in [2.24, 2.45) is 0 Å². The van der Waals surface area contributed by atoms with Gasteiger partial charge in [0.2, 0.25) is 0 Å². The lowest BCUT2D eigenvalue weighted by Crippen LogP contribution is -2.38. The van der Waals surface area contributed by atoms with Gasteiger partial charge in [0.1, 0.15) is 11.9 Å². The van der Waals surface area contributed by atoms with E-state index in [-0.39, 0.29) is 6.10 Å². The molecule has 1 fully saturated rings. The van der Waals surface area contributed by atoms with E-state index in [2.05, 4.69) is 28.7 Å². The number of anilines is 1. The number of hydrogen-bond acceptors (Lipinski definition) is 5. The van der Waals surface area contributed by atoms with E-state index in [9.17, 15) is 0 Å². The molecule has 0 spiro atoms. The summed E-state index contributed by atoms with van der Waals surface area (Å²) >= 11 is 0. The number of hydrogen-bond donors (Lipinski definition) is 1. The van der Waals surface area contributed by atoms with E-state index in [0.29, 0.717) is 5.82 Å². The summed E-state index contributed by atoms with van der Waals surface area (Å²) in [6.07, 6.45) is 0.821. The first kappa shape index (κ1) is 12.3. The summed E-state index contributed by atoms with van der Waals surface area (Å²) in [6.45, 7) is 7.81. The highest BCUT2D eigenvalue weighted by atomic mass is 16.5. The Kier molecular flexibility index (Phi) is 3.91. The molecule has 5 heteroatoms. The van der Waals surface area contributed by atoms with Gasteiger partial charge in [-0.3, -0.25) is 4.90 Å². The Morgan fingerprint density at radius 3 is 3.00 bits per heavy atom. The van der Waals surface area contributed by atoms with E-state index >= 15 is 0 Å². The number of nitrogen functional groups attached to an aromatic ring is 1. The monoisotopic (exact) mass is 236 g/mol. The fourth-order valence-corrected chi connectivity index (χ4v) is 2.01. The fraction of sp³-hybridized carbons (Fsp3) is 0.667.